The molecule has 0 bridgehead atoms. The maximum Gasteiger partial charge on any atom is 0.265 e. The van der Waals surface area contributed by atoms with Crippen LogP contribution >= 0.6 is 0 Å². The predicted octanol–water partition coefficient (Wildman–Crippen LogP) is 6.20. The van der Waals surface area contributed by atoms with Gasteiger partial charge in [0.05, 0.1) is 4.90 Å². The molecule has 4 nitrogen and oxygen atoms in total. The zero-order chi connectivity index (χ0) is 20.1. The average molecular weight is 403 g/mol. The van der Waals surface area contributed by atoms with Crippen LogP contribution in [0.25, 0.3) is 0 Å². The second-order valence-corrected chi connectivity index (χ2v) is 9.12. The fraction of sp³-hybridized carbons (Fsp3) is 0.522. The predicted molar refractivity (Wildman–Crippen MR) is 117 cm³/mol. The molecule has 154 valence electrons. The third-order valence-corrected chi connectivity index (χ3v) is 6.77. The topological polar surface area (TPSA) is 50.3 Å². The lowest BCUT2D eigenvalue weighted by atomic mass is 10.1. The highest BCUT2D eigenvalue weighted by Crippen LogP contribution is 2.22. The number of anilines is 1. The lowest BCUT2D eigenvalue weighted by molar-refractivity contribution is 0.554. The van der Waals surface area contributed by atoms with E-state index in [4.69, 9.17) is 0 Å². The normalized spacial score (nSPS) is 11.5. The van der Waals surface area contributed by atoms with E-state index in [-0.39, 0.29) is 0 Å². The van der Waals surface area contributed by atoms with E-state index < -0.39 is 10.0 Å². The van der Waals surface area contributed by atoms with Gasteiger partial charge in [-0.3, -0.25) is 0 Å². The third-order valence-electron chi connectivity index (χ3n) is 4.95. The van der Waals surface area contributed by atoms with Gasteiger partial charge in [0.1, 0.15) is 5.82 Å². The van der Waals surface area contributed by atoms with Crippen molar-refractivity contribution in [3.63, 3.8) is 0 Å². The molecule has 0 saturated carbocycles. The van der Waals surface area contributed by atoms with Crippen LogP contribution in [0.4, 0.5) is 5.82 Å². The van der Waals surface area contributed by atoms with Crippen LogP contribution in [-0.4, -0.2) is 19.9 Å². The first-order valence-electron chi connectivity index (χ1n) is 10.6. The highest BCUT2D eigenvalue weighted by atomic mass is 32.2. The Labute approximate surface area is 171 Å². The van der Waals surface area contributed by atoms with Gasteiger partial charge in [-0.1, -0.05) is 89.0 Å². The minimum absolute atomic E-state index is 0.313. The largest absolute Gasteiger partial charge is 0.265 e. The Hall–Kier alpha value is -1.88. The zero-order valence-corrected chi connectivity index (χ0v) is 17.9. The summed E-state index contributed by atoms with van der Waals surface area (Å²) in [6, 6.07) is 14.0. The van der Waals surface area contributed by atoms with Gasteiger partial charge in [0.25, 0.3) is 10.0 Å². The number of sulfonamides is 1. The van der Waals surface area contributed by atoms with E-state index in [1.807, 2.05) is 12.1 Å². The molecule has 0 unspecified atom stereocenters. The fourth-order valence-electron chi connectivity index (χ4n) is 3.32. The maximum atomic E-state index is 13.1. The molecule has 1 aromatic carbocycles. The number of nitrogens with zero attached hydrogens (tertiary/aromatic N) is 2. The van der Waals surface area contributed by atoms with Crippen molar-refractivity contribution >= 4 is 15.8 Å². The van der Waals surface area contributed by atoms with Gasteiger partial charge in [-0.25, -0.2) is 17.7 Å². The quantitative estimate of drug-likeness (QED) is 0.354. The van der Waals surface area contributed by atoms with E-state index in [1.54, 1.807) is 42.6 Å². The second-order valence-electron chi connectivity index (χ2n) is 7.26. The van der Waals surface area contributed by atoms with E-state index in [0.717, 1.165) is 19.3 Å². The summed E-state index contributed by atoms with van der Waals surface area (Å²) in [5.41, 5.74) is 0. The van der Waals surface area contributed by atoms with Crippen LogP contribution in [0.3, 0.4) is 0 Å². The maximum absolute atomic E-state index is 13.1. The highest BCUT2D eigenvalue weighted by molar-refractivity contribution is 7.92. The number of hydrogen-bond donors (Lipinski definition) is 0. The summed E-state index contributed by atoms with van der Waals surface area (Å²) >= 11 is 0. The molecule has 0 spiro atoms. The molecular weight excluding hydrogens is 368 g/mol. The molecule has 1 aromatic heterocycles. The average Bonchev–Trinajstić information content (AvgIpc) is 2.73. The van der Waals surface area contributed by atoms with Crippen LogP contribution in [-0.2, 0) is 10.0 Å². The molecule has 0 saturated heterocycles. The Bertz CT molecular complexity index is 749. The molecule has 5 heteroatoms. The van der Waals surface area contributed by atoms with Crippen LogP contribution < -0.4 is 4.31 Å². The smallest absolute Gasteiger partial charge is 0.250 e. The Kier molecular flexibility index (Phi) is 10.0. The van der Waals surface area contributed by atoms with Crippen molar-refractivity contribution in [3.05, 3.63) is 54.7 Å². The molecule has 0 atom stereocenters. The summed E-state index contributed by atoms with van der Waals surface area (Å²) in [6.07, 6.45) is 13.9. The van der Waals surface area contributed by atoms with E-state index in [1.165, 1.54) is 49.3 Å². The van der Waals surface area contributed by atoms with Gasteiger partial charge in [-0.05, 0) is 30.7 Å². The van der Waals surface area contributed by atoms with Crippen LogP contribution in [0.5, 0.6) is 0 Å². The molecule has 0 aliphatic carbocycles. The standard InChI is InChI=1S/C23H34N2O2S/c1-2-3-4-5-6-7-8-9-10-16-21-25(23-19-14-15-20-24-23)28(26,27)22-17-12-11-13-18-22/h11-15,17-20H,2-10,16,21H2,1H3. The number of hydrogen-bond acceptors (Lipinski definition) is 3. The summed E-state index contributed by atoms with van der Waals surface area (Å²) in [5.74, 6) is 0.488. The van der Waals surface area contributed by atoms with Crippen molar-refractivity contribution in [2.45, 2.75) is 76.0 Å². The number of pyridine rings is 1. The van der Waals surface area contributed by atoms with Crippen molar-refractivity contribution < 1.29 is 8.42 Å². The number of benzene rings is 1. The first-order chi connectivity index (χ1) is 13.7. The molecule has 0 aliphatic heterocycles. The molecular formula is C23H34N2O2S. The third kappa shape index (κ3) is 7.27. The Morgan fingerprint density at radius 2 is 1.32 bits per heavy atom. The Morgan fingerprint density at radius 3 is 1.89 bits per heavy atom. The molecule has 0 amide bonds. The molecule has 0 aliphatic rings. The van der Waals surface area contributed by atoms with Gasteiger partial charge in [0.15, 0.2) is 0 Å². The SMILES string of the molecule is CCCCCCCCCCCCN(c1ccccn1)S(=O)(=O)c1ccccc1. The summed E-state index contributed by atoms with van der Waals surface area (Å²) in [7, 11) is -3.59. The first kappa shape index (κ1) is 22.4. The van der Waals surface area contributed by atoms with E-state index in [0.29, 0.717) is 17.3 Å². The Balaban J connectivity index is 1.85. The van der Waals surface area contributed by atoms with Crippen molar-refractivity contribution in [2.75, 3.05) is 10.8 Å². The Morgan fingerprint density at radius 1 is 0.750 bits per heavy atom. The zero-order valence-electron chi connectivity index (χ0n) is 17.1. The molecule has 0 radical (unpaired) electrons. The van der Waals surface area contributed by atoms with Crippen molar-refractivity contribution in [3.8, 4) is 0 Å². The summed E-state index contributed by atoms with van der Waals surface area (Å²) in [4.78, 5) is 4.59. The summed E-state index contributed by atoms with van der Waals surface area (Å²) < 4.78 is 27.7. The van der Waals surface area contributed by atoms with Crippen LogP contribution in [0.1, 0.15) is 71.1 Å². The molecule has 0 N–H and O–H groups in total. The number of rotatable bonds is 14. The molecule has 2 aromatic rings. The van der Waals surface area contributed by atoms with Gasteiger partial charge < -0.3 is 0 Å². The molecule has 0 fully saturated rings. The minimum Gasteiger partial charge on any atom is -0.250 e. The second kappa shape index (κ2) is 12.6. The van der Waals surface area contributed by atoms with Crippen LogP contribution in [0.2, 0.25) is 0 Å². The molecule has 1 heterocycles. The van der Waals surface area contributed by atoms with Gasteiger partial charge in [0, 0.05) is 12.7 Å². The van der Waals surface area contributed by atoms with E-state index in [9.17, 15) is 8.42 Å². The van der Waals surface area contributed by atoms with Crippen molar-refractivity contribution in [2.24, 2.45) is 0 Å². The van der Waals surface area contributed by atoms with Gasteiger partial charge in [-0.15, -0.1) is 0 Å². The lowest BCUT2D eigenvalue weighted by Gasteiger charge is -2.23. The van der Waals surface area contributed by atoms with Crippen LogP contribution in [0, 0.1) is 0 Å². The molecule has 2 rings (SSSR count). The van der Waals surface area contributed by atoms with Gasteiger partial charge in [0.2, 0.25) is 0 Å². The monoisotopic (exact) mass is 402 g/mol. The first-order valence-corrected chi connectivity index (χ1v) is 12.1. The van der Waals surface area contributed by atoms with Gasteiger partial charge in [-0.2, -0.15) is 0 Å². The highest BCUT2D eigenvalue weighted by Gasteiger charge is 2.25. The van der Waals surface area contributed by atoms with Gasteiger partial charge >= 0.3 is 0 Å². The summed E-state index contributed by atoms with van der Waals surface area (Å²) in [6.45, 7) is 2.71. The number of aromatic nitrogens is 1. The minimum atomic E-state index is -3.59. The fourth-order valence-corrected chi connectivity index (χ4v) is 4.80. The lowest BCUT2D eigenvalue weighted by Crippen LogP contribution is -2.32. The number of unbranched alkanes of at least 4 members (excludes halogenated alkanes) is 9. The molecule has 28 heavy (non-hydrogen) atoms. The van der Waals surface area contributed by atoms with E-state index >= 15 is 0 Å². The van der Waals surface area contributed by atoms with E-state index in [2.05, 4.69) is 11.9 Å². The van der Waals surface area contributed by atoms with Crippen molar-refractivity contribution in [1.82, 2.24) is 4.98 Å². The summed E-state index contributed by atoms with van der Waals surface area (Å²) in [5, 5.41) is 0. The van der Waals surface area contributed by atoms with Crippen LogP contribution in [0.15, 0.2) is 59.6 Å². The van der Waals surface area contributed by atoms with Crippen molar-refractivity contribution in [1.29, 1.82) is 0 Å².